The Morgan fingerprint density at radius 3 is 2.64 bits per heavy atom. The first-order chi connectivity index (χ1) is 11.9. The summed E-state index contributed by atoms with van der Waals surface area (Å²) in [6.45, 7) is 0.759. The second-order valence-electron chi connectivity index (χ2n) is 5.50. The second-order valence-corrected chi connectivity index (χ2v) is 6.82. The van der Waals surface area contributed by atoms with Gasteiger partial charge in [-0.25, -0.2) is 0 Å². The summed E-state index contributed by atoms with van der Waals surface area (Å²) in [6.07, 6.45) is 0. The molecule has 0 bridgehead atoms. The van der Waals surface area contributed by atoms with Gasteiger partial charge in [-0.05, 0) is 31.3 Å². The van der Waals surface area contributed by atoms with Crippen molar-refractivity contribution in [3.05, 3.63) is 51.5 Å². The lowest BCUT2D eigenvalue weighted by atomic mass is 10.1. The van der Waals surface area contributed by atoms with Gasteiger partial charge in [0.05, 0.1) is 31.5 Å². The Bertz CT molecular complexity index is 755. The third-order valence-electron chi connectivity index (χ3n) is 3.54. The molecule has 134 valence electrons. The van der Waals surface area contributed by atoms with Crippen LogP contribution in [0.3, 0.4) is 0 Å². The van der Waals surface area contributed by atoms with E-state index in [2.05, 4.69) is 21.2 Å². The van der Waals surface area contributed by atoms with Crippen LogP contribution in [0, 0.1) is 0 Å². The molecule has 0 atom stereocenters. The summed E-state index contributed by atoms with van der Waals surface area (Å²) in [5.74, 6) is 1.20. The number of carbonyl (C=O) groups excluding carboxylic acids is 1. The largest absolute Gasteiger partial charge is 0.493 e. The van der Waals surface area contributed by atoms with Crippen LogP contribution in [0.25, 0.3) is 0 Å². The van der Waals surface area contributed by atoms with Gasteiger partial charge < -0.3 is 14.8 Å². The molecular weight excluding hydrogens is 408 g/mol. The minimum absolute atomic E-state index is 0.145. The van der Waals surface area contributed by atoms with Crippen molar-refractivity contribution in [1.82, 2.24) is 4.90 Å². The van der Waals surface area contributed by atoms with E-state index in [1.54, 1.807) is 26.4 Å². The number of amides is 1. The van der Waals surface area contributed by atoms with Crippen molar-refractivity contribution in [2.24, 2.45) is 0 Å². The number of halogens is 2. The summed E-state index contributed by atoms with van der Waals surface area (Å²) in [5.41, 5.74) is 1.53. The van der Waals surface area contributed by atoms with Gasteiger partial charge in [-0.3, -0.25) is 9.69 Å². The number of hydrogen-bond donors (Lipinski definition) is 1. The summed E-state index contributed by atoms with van der Waals surface area (Å²) < 4.78 is 11.6. The van der Waals surface area contributed by atoms with Gasteiger partial charge in [0.25, 0.3) is 0 Å². The zero-order valence-electron chi connectivity index (χ0n) is 14.3. The molecule has 5 nitrogen and oxygen atoms in total. The fourth-order valence-corrected chi connectivity index (χ4v) is 3.17. The topological polar surface area (TPSA) is 50.8 Å². The first kappa shape index (κ1) is 19.6. The van der Waals surface area contributed by atoms with Crippen molar-refractivity contribution < 1.29 is 14.3 Å². The maximum Gasteiger partial charge on any atom is 0.238 e. The number of carbonyl (C=O) groups is 1. The number of ether oxygens (including phenoxy) is 2. The van der Waals surface area contributed by atoms with Gasteiger partial charge in [0, 0.05) is 16.6 Å². The number of rotatable bonds is 7. The van der Waals surface area contributed by atoms with Crippen LogP contribution in [0.4, 0.5) is 5.69 Å². The highest BCUT2D eigenvalue weighted by Gasteiger charge is 2.14. The van der Waals surface area contributed by atoms with Crippen LogP contribution < -0.4 is 14.8 Å². The van der Waals surface area contributed by atoms with Gasteiger partial charge in [0.2, 0.25) is 5.91 Å². The molecule has 2 aromatic carbocycles. The molecule has 0 radical (unpaired) electrons. The van der Waals surface area contributed by atoms with E-state index in [9.17, 15) is 4.79 Å². The van der Waals surface area contributed by atoms with Gasteiger partial charge in [-0.15, -0.1) is 0 Å². The maximum atomic E-state index is 12.2. The Hall–Kier alpha value is -1.76. The van der Waals surface area contributed by atoms with Gasteiger partial charge in [0.15, 0.2) is 11.5 Å². The van der Waals surface area contributed by atoms with Crippen LogP contribution in [0.5, 0.6) is 11.5 Å². The second kappa shape index (κ2) is 9.08. The van der Waals surface area contributed by atoms with Crippen molar-refractivity contribution in [2.75, 3.05) is 33.1 Å². The Balaban J connectivity index is 2.00. The Morgan fingerprint density at radius 2 is 2.00 bits per heavy atom. The number of nitrogens with zero attached hydrogens (tertiary/aromatic N) is 1. The fourth-order valence-electron chi connectivity index (χ4n) is 2.45. The molecule has 0 heterocycles. The number of anilines is 1. The SMILES string of the molecule is COc1cccc(CN(C)CC(=O)Nc2ccc(Br)cc2Cl)c1OC. The Morgan fingerprint density at radius 1 is 1.24 bits per heavy atom. The fraction of sp³-hybridized carbons (Fsp3) is 0.278. The summed E-state index contributed by atoms with van der Waals surface area (Å²) >= 11 is 9.46. The molecule has 0 unspecified atom stereocenters. The standard InChI is InChI=1S/C18H20BrClN2O3/c1-22(10-12-5-4-6-16(24-2)18(12)25-3)11-17(23)21-15-8-7-13(19)9-14(15)20/h4-9H,10-11H2,1-3H3,(H,21,23). The number of nitrogens with one attached hydrogen (secondary N) is 1. The lowest BCUT2D eigenvalue weighted by Gasteiger charge is -2.19. The van der Waals surface area contributed by atoms with Crippen molar-refractivity contribution in [3.8, 4) is 11.5 Å². The molecule has 1 amide bonds. The molecule has 0 spiro atoms. The van der Waals surface area contributed by atoms with Gasteiger partial charge >= 0.3 is 0 Å². The van der Waals surface area contributed by atoms with E-state index in [1.165, 1.54) is 0 Å². The Kier molecular flexibility index (Phi) is 7.11. The van der Waals surface area contributed by atoms with Crippen molar-refractivity contribution in [2.45, 2.75) is 6.54 Å². The molecule has 1 N–H and O–H groups in total. The van der Waals surface area contributed by atoms with E-state index >= 15 is 0 Å². The monoisotopic (exact) mass is 426 g/mol. The highest BCUT2D eigenvalue weighted by molar-refractivity contribution is 9.10. The van der Waals surface area contributed by atoms with E-state index in [4.69, 9.17) is 21.1 Å². The van der Waals surface area contributed by atoms with Crippen molar-refractivity contribution in [1.29, 1.82) is 0 Å². The molecule has 0 aliphatic heterocycles. The summed E-state index contributed by atoms with van der Waals surface area (Å²) in [4.78, 5) is 14.1. The molecule has 0 saturated carbocycles. The van der Waals surface area contributed by atoms with Crippen LogP contribution >= 0.6 is 27.5 Å². The lowest BCUT2D eigenvalue weighted by molar-refractivity contribution is -0.117. The van der Waals surface area contributed by atoms with E-state index in [0.717, 1.165) is 10.0 Å². The Labute approximate surface area is 161 Å². The van der Waals surface area contributed by atoms with E-state index < -0.39 is 0 Å². The number of hydrogen-bond acceptors (Lipinski definition) is 4. The molecule has 0 fully saturated rings. The smallest absolute Gasteiger partial charge is 0.238 e. The molecule has 0 aromatic heterocycles. The summed E-state index contributed by atoms with van der Waals surface area (Å²) in [7, 11) is 5.06. The van der Waals surface area contributed by atoms with Crippen molar-refractivity contribution in [3.63, 3.8) is 0 Å². The highest BCUT2D eigenvalue weighted by atomic mass is 79.9. The third kappa shape index (κ3) is 5.36. The first-order valence-corrected chi connectivity index (χ1v) is 8.75. The number of methoxy groups -OCH3 is 2. The molecule has 0 aliphatic carbocycles. The number of likely N-dealkylation sites (N-methyl/N-ethyl adjacent to an activating group) is 1. The zero-order valence-corrected chi connectivity index (χ0v) is 16.6. The first-order valence-electron chi connectivity index (χ1n) is 7.58. The molecule has 7 heteroatoms. The predicted octanol–water partition coefficient (Wildman–Crippen LogP) is 4.19. The average Bonchev–Trinajstić information content (AvgIpc) is 2.57. The van der Waals surface area contributed by atoms with Crippen LogP contribution in [-0.2, 0) is 11.3 Å². The number of para-hydroxylation sites is 1. The van der Waals surface area contributed by atoms with E-state index in [0.29, 0.717) is 28.8 Å². The molecule has 0 saturated heterocycles. The molecule has 25 heavy (non-hydrogen) atoms. The molecule has 0 aliphatic rings. The minimum Gasteiger partial charge on any atom is -0.493 e. The minimum atomic E-state index is -0.145. The van der Waals surface area contributed by atoms with Gasteiger partial charge in [0.1, 0.15) is 0 Å². The van der Waals surface area contributed by atoms with Crippen LogP contribution in [-0.4, -0.2) is 38.6 Å². The average molecular weight is 428 g/mol. The summed E-state index contributed by atoms with van der Waals surface area (Å²) in [6, 6.07) is 11.0. The van der Waals surface area contributed by atoms with Crippen LogP contribution in [0.2, 0.25) is 5.02 Å². The zero-order chi connectivity index (χ0) is 18.4. The quantitative estimate of drug-likeness (QED) is 0.720. The van der Waals surface area contributed by atoms with E-state index in [1.807, 2.05) is 36.2 Å². The molecule has 2 rings (SSSR count). The molecule has 2 aromatic rings. The van der Waals surface area contributed by atoms with Crippen molar-refractivity contribution >= 4 is 39.1 Å². The summed E-state index contributed by atoms with van der Waals surface area (Å²) in [5, 5.41) is 3.30. The lowest BCUT2D eigenvalue weighted by Crippen LogP contribution is -2.30. The van der Waals surface area contributed by atoms with Crippen LogP contribution in [0.15, 0.2) is 40.9 Å². The maximum absolute atomic E-state index is 12.2. The van der Waals surface area contributed by atoms with Gasteiger partial charge in [-0.2, -0.15) is 0 Å². The predicted molar refractivity (Wildman–Crippen MR) is 104 cm³/mol. The normalized spacial score (nSPS) is 10.6. The van der Waals surface area contributed by atoms with Gasteiger partial charge in [-0.1, -0.05) is 39.7 Å². The number of benzene rings is 2. The molecular formula is C18H20BrClN2O3. The van der Waals surface area contributed by atoms with E-state index in [-0.39, 0.29) is 12.5 Å². The van der Waals surface area contributed by atoms with Crippen LogP contribution in [0.1, 0.15) is 5.56 Å². The third-order valence-corrected chi connectivity index (χ3v) is 4.35. The highest BCUT2D eigenvalue weighted by Crippen LogP contribution is 2.31.